The summed E-state index contributed by atoms with van der Waals surface area (Å²) in [6.45, 7) is 4.98. The van der Waals surface area contributed by atoms with Gasteiger partial charge in [0.15, 0.2) is 0 Å². The van der Waals surface area contributed by atoms with Crippen LogP contribution < -0.4 is 0 Å². The molecule has 0 saturated carbocycles. The van der Waals surface area contributed by atoms with E-state index < -0.39 is 0 Å². The molecule has 0 heterocycles. The Hall–Kier alpha value is 0.440. The highest BCUT2D eigenvalue weighted by molar-refractivity contribution is 9.09. The third-order valence-corrected chi connectivity index (χ3v) is 4.32. The molecule has 0 atom stereocenters. The molecular weight excluding hydrogens is 286 g/mol. The number of alkyl halides is 1. The molecule has 0 radical (unpaired) electrons. The van der Waals surface area contributed by atoms with Crippen LogP contribution in [0.3, 0.4) is 0 Å². The first-order chi connectivity index (χ1) is 8.62. The molecule has 0 unspecified atom stereocenters. The van der Waals surface area contributed by atoms with E-state index >= 15 is 0 Å². The van der Waals surface area contributed by atoms with Crippen LogP contribution in [0.25, 0.3) is 0 Å². The van der Waals surface area contributed by atoms with Crippen molar-refractivity contribution in [1.82, 2.24) is 0 Å². The van der Waals surface area contributed by atoms with Crippen LogP contribution in [-0.4, -0.2) is 37.0 Å². The van der Waals surface area contributed by atoms with E-state index in [1.165, 1.54) is 81.8 Å². The molecule has 2 heteroatoms. The minimum Gasteiger partial charge on any atom is -0.328 e. The van der Waals surface area contributed by atoms with Gasteiger partial charge in [-0.2, -0.15) is 0 Å². The third kappa shape index (κ3) is 12.9. The first-order valence-corrected chi connectivity index (χ1v) is 9.12. The molecule has 0 aliphatic rings. The van der Waals surface area contributed by atoms with Gasteiger partial charge in [-0.25, -0.2) is 0 Å². The highest BCUT2D eigenvalue weighted by atomic mass is 79.9. The Labute approximate surface area is 124 Å². The second kappa shape index (κ2) is 12.5. The summed E-state index contributed by atoms with van der Waals surface area (Å²) in [5.41, 5.74) is 0. The molecule has 0 aromatic heterocycles. The van der Waals surface area contributed by atoms with E-state index in [0.29, 0.717) is 0 Å². The van der Waals surface area contributed by atoms with Crippen LogP contribution >= 0.6 is 15.9 Å². The van der Waals surface area contributed by atoms with Gasteiger partial charge in [0.2, 0.25) is 0 Å². The van der Waals surface area contributed by atoms with E-state index in [9.17, 15) is 0 Å². The average molecular weight is 321 g/mol. The van der Waals surface area contributed by atoms with Gasteiger partial charge in [0.25, 0.3) is 0 Å². The van der Waals surface area contributed by atoms with Crippen LogP contribution in [0.15, 0.2) is 0 Å². The minimum absolute atomic E-state index is 1.16. The van der Waals surface area contributed by atoms with Crippen molar-refractivity contribution in [3.8, 4) is 0 Å². The van der Waals surface area contributed by atoms with Crippen molar-refractivity contribution >= 4 is 15.9 Å². The molecule has 0 bridgehead atoms. The molecule has 0 saturated heterocycles. The molecule has 18 heavy (non-hydrogen) atoms. The van der Waals surface area contributed by atoms with Gasteiger partial charge in [-0.05, 0) is 25.7 Å². The first kappa shape index (κ1) is 18.4. The van der Waals surface area contributed by atoms with Gasteiger partial charge in [0.05, 0.1) is 27.2 Å². The zero-order chi connectivity index (χ0) is 13.7. The molecule has 0 N–H and O–H groups in total. The lowest BCUT2D eigenvalue weighted by Gasteiger charge is -2.29. The zero-order valence-corrected chi connectivity index (χ0v) is 14.6. The highest BCUT2D eigenvalue weighted by Crippen LogP contribution is 2.11. The number of halogens is 1. The van der Waals surface area contributed by atoms with Crippen molar-refractivity contribution in [2.24, 2.45) is 0 Å². The molecule has 0 amide bonds. The normalized spacial score (nSPS) is 12.0. The second-order valence-corrected chi connectivity index (χ2v) is 7.05. The summed E-state index contributed by atoms with van der Waals surface area (Å²) < 4.78 is 1.21. The highest BCUT2D eigenvalue weighted by Gasteiger charge is 2.13. The third-order valence-electron chi connectivity index (χ3n) is 3.76. The first-order valence-electron chi connectivity index (χ1n) is 8.00. The average Bonchev–Trinajstić information content (AvgIpc) is 2.33. The van der Waals surface area contributed by atoms with Crippen LogP contribution in [0.1, 0.15) is 71.1 Å². The summed E-state index contributed by atoms with van der Waals surface area (Å²) in [5, 5.41) is 1.16. The predicted molar refractivity (Wildman–Crippen MR) is 87.5 cm³/mol. The fraction of sp³-hybridized carbons (Fsp3) is 1.00. The van der Waals surface area contributed by atoms with Gasteiger partial charge in [-0.1, -0.05) is 61.4 Å². The Morgan fingerprint density at radius 2 is 1.11 bits per heavy atom. The van der Waals surface area contributed by atoms with Crippen molar-refractivity contribution in [1.29, 1.82) is 0 Å². The summed E-state index contributed by atoms with van der Waals surface area (Å²) in [6, 6.07) is 0. The summed E-state index contributed by atoms with van der Waals surface area (Å²) in [6.07, 6.45) is 14.1. The Balaban J connectivity index is 3.30. The van der Waals surface area contributed by atoms with Gasteiger partial charge >= 0.3 is 0 Å². The van der Waals surface area contributed by atoms with Crippen molar-refractivity contribution in [2.75, 3.05) is 32.5 Å². The van der Waals surface area contributed by atoms with Crippen LogP contribution in [0.5, 0.6) is 0 Å². The molecule has 0 aliphatic heterocycles. The van der Waals surface area contributed by atoms with E-state index in [1.807, 2.05) is 0 Å². The van der Waals surface area contributed by atoms with Crippen LogP contribution in [0, 0.1) is 0 Å². The Morgan fingerprint density at radius 1 is 0.667 bits per heavy atom. The lowest BCUT2D eigenvalue weighted by molar-refractivity contribution is -0.890. The van der Waals surface area contributed by atoms with E-state index in [0.717, 1.165) is 5.33 Å². The number of quaternary nitrogens is 1. The minimum atomic E-state index is 1.16. The molecule has 1 nitrogen and oxygen atoms in total. The van der Waals surface area contributed by atoms with Gasteiger partial charge < -0.3 is 4.48 Å². The van der Waals surface area contributed by atoms with Crippen molar-refractivity contribution in [2.45, 2.75) is 71.1 Å². The van der Waals surface area contributed by atoms with Gasteiger partial charge in [0.1, 0.15) is 0 Å². The largest absolute Gasteiger partial charge is 0.328 e. The lowest BCUT2D eigenvalue weighted by atomic mass is 10.1. The van der Waals surface area contributed by atoms with Gasteiger partial charge in [-0.3, -0.25) is 0 Å². The van der Waals surface area contributed by atoms with Crippen molar-refractivity contribution < 1.29 is 4.48 Å². The van der Waals surface area contributed by atoms with E-state index in [-0.39, 0.29) is 0 Å². The smallest absolute Gasteiger partial charge is 0.0782 e. The fourth-order valence-corrected chi connectivity index (χ4v) is 2.82. The Morgan fingerprint density at radius 3 is 1.61 bits per heavy atom. The monoisotopic (exact) mass is 320 g/mol. The quantitative estimate of drug-likeness (QED) is 0.243. The summed E-state index contributed by atoms with van der Waals surface area (Å²) in [7, 11) is 4.77. The summed E-state index contributed by atoms with van der Waals surface area (Å²) >= 11 is 3.51. The van der Waals surface area contributed by atoms with E-state index in [4.69, 9.17) is 0 Å². The van der Waals surface area contributed by atoms with E-state index in [2.05, 4.69) is 36.9 Å². The molecule has 0 spiro atoms. The number of unbranched alkanes of at least 4 members (excludes halogenated alkanes) is 8. The molecule has 0 aromatic carbocycles. The maximum Gasteiger partial charge on any atom is 0.0782 e. The van der Waals surface area contributed by atoms with Crippen LogP contribution in [0.2, 0.25) is 0 Å². The van der Waals surface area contributed by atoms with Crippen molar-refractivity contribution in [3.05, 3.63) is 0 Å². The van der Waals surface area contributed by atoms with Gasteiger partial charge in [0, 0.05) is 5.33 Å². The Kier molecular flexibility index (Phi) is 12.8. The van der Waals surface area contributed by atoms with Gasteiger partial charge in [-0.15, -0.1) is 0 Å². The Bertz CT molecular complexity index is 168. The number of nitrogens with zero attached hydrogens (tertiary/aromatic N) is 1. The molecular formula is C16H35BrN+. The predicted octanol–water partition coefficient (Wildman–Crippen LogP) is 5.38. The fourth-order valence-electron chi connectivity index (χ4n) is 2.42. The molecule has 0 aliphatic carbocycles. The molecule has 0 aromatic rings. The van der Waals surface area contributed by atoms with Crippen LogP contribution in [0.4, 0.5) is 0 Å². The molecule has 0 rings (SSSR count). The summed E-state index contributed by atoms with van der Waals surface area (Å²) in [4.78, 5) is 0. The lowest BCUT2D eigenvalue weighted by Crippen LogP contribution is -2.41. The van der Waals surface area contributed by atoms with E-state index in [1.54, 1.807) is 0 Å². The summed E-state index contributed by atoms with van der Waals surface area (Å²) in [5.74, 6) is 0. The zero-order valence-electron chi connectivity index (χ0n) is 13.0. The standard InChI is InChI=1S/C16H35BrN/c1-4-5-6-7-8-9-10-12-15-18(2,3)16-13-11-14-17/h4-16H2,1-3H3/q+1. The number of hydrogen-bond donors (Lipinski definition) is 0. The van der Waals surface area contributed by atoms with Crippen molar-refractivity contribution in [3.63, 3.8) is 0 Å². The maximum absolute atomic E-state index is 3.51. The molecule has 0 fully saturated rings. The second-order valence-electron chi connectivity index (χ2n) is 6.25. The number of rotatable bonds is 13. The molecule has 110 valence electrons. The SMILES string of the molecule is CCCCCCCCCC[N+](C)(C)CCCCBr. The topological polar surface area (TPSA) is 0 Å². The number of hydrogen-bond acceptors (Lipinski definition) is 0. The maximum atomic E-state index is 3.51. The van der Waals surface area contributed by atoms with Crippen LogP contribution in [-0.2, 0) is 0 Å².